The summed E-state index contributed by atoms with van der Waals surface area (Å²) < 4.78 is 0. The number of nitro groups is 1. The second-order valence-electron chi connectivity index (χ2n) is 3.06. The van der Waals surface area contributed by atoms with E-state index in [9.17, 15) is 10.1 Å². The number of benzene rings is 1. The smallest absolute Gasteiger partial charge is 0.278 e. The predicted molar refractivity (Wildman–Crippen MR) is 60.2 cm³/mol. The van der Waals surface area contributed by atoms with Gasteiger partial charge >= 0.3 is 0 Å². The predicted octanol–water partition coefficient (Wildman–Crippen LogP) is 1.54. The summed E-state index contributed by atoms with van der Waals surface area (Å²) in [5.41, 5.74) is 11.7. The maximum absolute atomic E-state index is 10.7. The summed E-state index contributed by atoms with van der Waals surface area (Å²) in [6.45, 7) is 0.527. The maximum atomic E-state index is 10.7. The van der Waals surface area contributed by atoms with E-state index in [1.807, 2.05) is 0 Å². The zero-order valence-corrected chi connectivity index (χ0v) is 8.22. The van der Waals surface area contributed by atoms with E-state index >= 15 is 0 Å². The molecule has 0 bridgehead atoms. The lowest BCUT2D eigenvalue weighted by Crippen LogP contribution is -1.96. The molecule has 1 aromatic carbocycles. The van der Waals surface area contributed by atoms with Crippen molar-refractivity contribution in [3.63, 3.8) is 0 Å². The minimum absolute atomic E-state index is 0.0169. The lowest BCUT2D eigenvalue weighted by atomic mass is 10.1. The molecule has 5 heteroatoms. The van der Waals surface area contributed by atoms with Crippen LogP contribution in [0.15, 0.2) is 24.3 Å². The first kappa shape index (κ1) is 11.2. The van der Waals surface area contributed by atoms with E-state index in [4.69, 9.17) is 11.5 Å². The van der Waals surface area contributed by atoms with Crippen LogP contribution in [0.3, 0.4) is 0 Å². The Bertz CT molecular complexity index is 388. The van der Waals surface area contributed by atoms with E-state index in [0.29, 0.717) is 24.2 Å². The van der Waals surface area contributed by atoms with Crippen LogP contribution in [-0.4, -0.2) is 11.5 Å². The van der Waals surface area contributed by atoms with Gasteiger partial charge in [-0.3, -0.25) is 10.1 Å². The first-order chi connectivity index (χ1) is 7.15. The third-order valence-electron chi connectivity index (χ3n) is 1.88. The molecule has 0 saturated heterocycles. The lowest BCUT2D eigenvalue weighted by Gasteiger charge is -1.98. The number of nitro benzene ring substituents is 1. The number of hydrogen-bond acceptors (Lipinski definition) is 4. The fourth-order valence-electron chi connectivity index (χ4n) is 1.17. The van der Waals surface area contributed by atoms with Crippen LogP contribution in [0.4, 0.5) is 11.4 Å². The Hall–Kier alpha value is -1.88. The Morgan fingerprint density at radius 2 is 2.20 bits per heavy atom. The topological polar surface area (TPSA) is 95.2 Å². The molecule has 0 aliphatic carbocycles. The monoisotopic (exact) mass is 207 g/mol. The van der Waals surface area contributed by atoms with Crippen molar-refractivity contribution in [2.45, 2.75) is 6.42 Å². The molecule has 0 aliphatic heterocycles. The van der Waals surface area contributed by atoms with E-state index in [0.717, 1.165) is 0 Å². The van der Waals surface area contributed by atoms with Crippen molar-refractivity contribution in [3.8, 4) is 0 Å². The average Bonchev–Trinajstić information content (AvgIpc) is 2.20. The molecule has 80 valence electrons. The van der Waals surface area contributed by atoms with Gasteiger partial charge in [-0.25, -0.2) is 0 Å². The number of hydrogen-bond donors (Lipinski definition) is 2. The van der Waals surface area contributed by atoms with Crippen LogP contribution in [0.25, 0.3) is 6.08 Å². The highest BCUT2D eigenvalue weighted by Gasteiger charge is 2.10. The standard InChI is InChI=1S/C10H13N3O2/c11-6-2-1-3-8-4-5-9(12)7-10(8)13(14)15/h1,3-5,7H,2,6,11-12H2. The number of nitrogens with two attached hydrogens (primary N) is 2. The van der Waals surface area contributed by atoms with Crippen molar-refractivity contribution >= 4 is 17.5 Å². The zero-order valence-electron chi connectivity index (χ0n) is 8.22. The van der Waals surface area contributed by atoms with E-state index in [1.54, 1.807) is 24.3 Å². The summed E-state index contributed by atoms with van der Waals surface area (Å²) in [6, 6.07) is 4.61. The van der Waals surface area contributed by atoms with Gasteiger partial charge in [0.1, 0.15) is 0 Å². The van der Waals surface area contributed by atoms with Crippen molar-refractivity contribution in [3.05, 3.63) is 40.0 Å². The fraction of sp³-hybridized carbons (Fsp3) is 0.200. The van der Waals surface area contributed by atoms with Crippen LogP contribution >= 0.6 is 0 Å². The molecule has 0 aliphatic rings. The third-order valence-corrected chi connectivity index (χ3v) is 1.88. The number of nitrogen functional groups attached to an aromatic ring is 1. The molecule has 0 heterocycles. The fourth-order valence-corrected chi connectivity index (χ4v) is 1.17. The SMILES string of the molecule is NCCC=Cc1ccc(N)cc1[N+](=O)[O-]. The normalized spacial score (nSPS) is 10.7. The molecule has 5 nitrogen and oxygen atoms in total. The van der Waals surface area contributed by atoms with Gasteiger partial charge in [0.25, 0.3) is 5.69 Å². The molecule has 4 N–H and O–H groups in total. The summed E-state index contributed by atoms with van der Waals surface area (Å²) in [4.78, 5) is 10.3. The molecule has 0 atom stereocenters. The highest BCUT2D eigenvalue weighted by Crippen LogP contribution is 2.22. The first-order valence-electron chi connectivity index (χ1n) is 4.55. The maximum Gasteiger partial charge on any atom is 0.278 e. The van der Waals surface area contributed by atoms with Gasteiger partial charge in [-0.2, -0.15) is 0 Å². The Morgan fingerprint density at radius 3 is 2.80 bits per heavy atom. The Labute approximate surface area is 87.5 Å². The Balaban J connectivity index is 3.01. The minimum Gasteiger partial charge on any atom is -0.399 e. The Morgan fingerprint density at radius 1 is 1.47 bits per heavy atom. The van der Waals surface area contributed by atoms with Crippen LogP contribution in [0.1, 0.15) is 12.0 Å². The summed E-state index contributed by atoms with van der Waals surface area (Å²) in [7, 11) is 0. The third kappa shape index (κ3) is 3.07. The Kier molecular flexibility index (Phi) is 3.82. The van der Waals surface area contributed by atoms with Gasteiger partial charge in [-0.15, -0.1) is 0 Å². The summed E-state index contributed by atoms with van der Waals surface area (Å²) in [5.74, 6) is 0. The first-order valence-corrected chi connectivity index (χ1v) is 4.55. The molecular weight excluding hydrogens is 194 g/mol. The molecule has 1 rings (SSSR count). The summed E-state index contributed by atoms with van der Waals surface area (Å²) >= 11 is 0. The van der Waals surface area contributed by atoms with E-state index in [-0.39, 0.29) is 5.69 Å². The molecule has 1 aromatic rings. The molecule has 0 spiro atoms. The molecule has 0 saturated carbocycles. The van der Waals surface area contributed by atoms with Gasteiger partial charge < -0.3 is 11.5 Å². The van der Waals surface area contributed by atoms with E-state index < -0.39 is 4.92 Å². The highest BCUT2D eigenvalue weighted by molar-refractivity contribution is 5.65. The number of nitrogens with zero attached hydrogens (tertiary/aromatic N) is 1. The summed E-state index contributed by atoms with van der Waals surface area (Å²) in [6.07, 6.45) is 4.19. The van der Waals surface area contributed by atoms with Gasteiger partial charge in [0, 0.05) is 11.8 Å². The van der Waals surface area contributed by atoms with E-state index in [2.05, 4.69) is 0 Å². The van der Waals surface area contributed by atoms with Gasteiger partial charge in [-0.05, 0) is 25.1 Å². The lowest BCUT2D eigenvalue weighted by molar-refractivity contribution is -0.385. The average molecular weight is 207 g/mol. The molecule has 0 fully saturated rings. The largest absolute Gasteiger partial charge is 0.399 e. The van der Waals surface area contributed by atoms with Crippen molar-refractivity contribution in [2.24, 2.45) is 5.73 Å². The van der Waals surface area contributed by atoms with Gasteiger partial charge in [0.15, 0.2) is 0 Å². The molecule has 0 radical (unpaired) electrons. The minimum atomic E-state index is -0.446. The quantitative estimate of drug-likeness (QED) is 0.444. The van der Waals surface area contributed by atoms with Crippen LogP contribution in [0.5, 0.6) is 0 Å². The number of rotatable bonds is 4. The van der Waals surface area contributed by atoms with Crippen LogP contribution < -0.4 is 11.5 Å². The zero-order chi connectivity index (χ0) is 11.3. The van der Waals surface area contributed by atoms with Crippen molar-refractivity contribution in [1.29, 1.82) is 0 Å². The molecular formula is C10H13N3O2. The second-order valence-corrected chi connectivity index (χ2v) is 3.06. The molecule has 0 aromatic heterocycles. The molecule has 0 unspecified atom stereocenters. The van der Waals surface area contributed by atoms with Crippen LogP contribution in [0, 0.1) is 10.1 Å². The highest BCUT2D eigenvalue weighted by atomic mass is 16.6. The van der Waals surface area contributed by atoms with Crippen LogP contribution in [-0.2, 0) is 0 Å². The van der Waals surface area contributed by atoms with Crippen LogP contribution in [0.2, 0.25) is 0 Å². The van der Waals surface area contributed by atoms with Crippen molar-refractivity contribution in [1.82, 2.24) is 0 Å². The second kappa shape index (κ2) is 5.11. The van der Waals surface area contributed by atoms with Gasteiger partial charge in [-0.1, -0.05) is 12.2 Å². The number of anilines is 1. The van der Waals surface area contributed by atoms with Crippen molar-refractivity contribution < 1.29 is 4.92 Å². The molecule has 15 heavy (non-hydrogen) atoms. The van der Waals surface area contributed by atoms with Gasteiger partial charge in [0.05, 0.1) is 10.5 Å². The molecule has 0 amide bonds. The van der Waals surface area contributed by atoms with Crippen molar-refractivity contribution in [2.75, 3.05) is 12.3 Å². The van der Waals surface area contributed by atoms with Gasteiger partial charge in [0.2, 0.25) is 0 Å². The summed E-state index contributed by atoms with van der Waals surface area (Å²) in [5, 5.41) is 10.7. The van der Waals surface area contributed by atoms with E-state index in [1.165, 1.54) is 6.07 Å².